The summed E-state index contributed by atoms with van der Waals surface area (Å²) in [7, 11) is 0. The summed E-state index contributed by atoms with van der Waals surface area (Å²) in [5.74, 6) is 0.0712. The zero-order valence-electron chi connectivity index (χ0n) is 13.1. The van der Waals surface area contributed by atoms with Gasteiger partial charge in [-0.15, -0.1) is 5.10 Å². The fourth-order valence-corrected chi connectivity index (χ4v) is 2.83. The molecule has 23 heavy (non-hydrogen) atoms. The summed E-state index contributed by atoms with van der Waals surface area (Å²) in [4.78, 5) is 25.8. The molecule has 2 heterocycles. The van der Waals surface area contributed by atoms with Crippen LogP contribution in [0.4, 0.5) is 0 Å². The van der Waals surface area contributed by atoms with Crippen molar-refractivity contribution in [3.8, 4) is 0 Å². The first-order valence-corrected chi connectivity index (χ1v) is 8.07. The zero-order valence-corrected chi connectivity index (χ0v) is 13.1. The molecular formula is C16H21N5O2. The largest absolute Gasteiger partial charge is 0.353 e. The van der Waals surface area contributed by atoms with Gasteiger partial charge < -0.3 is 10.2 Å². The number of benzene rings is 1. The van der Waals surface area contributed by atoms with E-state index in [9.17, 15) is 9.59 Å². The molecule has 2 aromatic rings. The summed E-state index contributed by atoms with van der Waals surface area (Å²) >= 11 is 0. The molecule has 0 unspecified atom stereocenters. The molecule has 1 aliphatic rings. The van der Waals surface area contributed by atoms with E-state index in [-0.39, 0.29) is 18.4 Å². The van der Waals surface area contributed by atoms with Crippen molar-refractivity contribution in [1.29, 1.82) is 0 Å². The van der Waals surface area contributed by atoms with Crippen LogP contribution in [0, 0.1) is 0 Å². The molecule has 7 nitrogen and oxygen atoms in total. The minimum absolute atomic E-state index is 0.122. The Labute approximate surface area is 134 Å². The molecular weight excluding hydrogens is 294 g/mol. The highest BCUT2D eigenvalue weighted by atomic mass is 16.2. The van der Waals surface area contributed by atoms with Crippen molar-refractivity contribution in [2.45, 2.75) is 32.2 Å². The van der Waals surface area contributed by atoms with Gasteiger partial charge in [-0.2, -0.15) is 0 Å². The second-order valence-corrected chi connectivity index (χ2v) is 5.78. The number of nitrogens with zero attached hydrogens (tertiary/aromatic N) is 4. The molecule has 1 N–H and O–H groups in total. The molecule has 3 rings (SSSR count). The smallest absolute Gasteiger partial charge is 0.241 e. The van der Waals surface area contributed by atoms with Crippen LogP contribution in [0.1, 0.15) is 25.7 Å². The number of hydrogen-bond donors (Lipinski definition) is 1. The lowest BCUT2D eigenvalue weighted by Crippen LogP contribution is -2.39. The van der Waals surface area contributed by atoms with Crippen LogP contribution in [0.2, 0.25) is 0 Å². The van der Waals surface area contributed by atoms with Crippen LogP contribution in [0.3, 0.4) is 0 Å². The predicted octanol–water partition coefficient (Wildman–Crippen LogP) is 0.950. The van der Waals surface area contributed by atoms with Gasteiger partial charge in [0, 0.05) is 26.1 Å². The highest BCUT2D eigenvalue weighted by Crippen LogP contribution is 2.11. The highest BCUT2D eigenvalue weighted by molar-refractivity contribution is 5.80. The third-order valence-corrected chi connectivity index (χ3v) is 4.09. The Bertz CT molecular complexity index is 697. The van der Waals surface area contributed by atoms with E-state index in [2.05, 4.69) is 15.6 Å². The summed E-state index contributed by atoms with van der Waals surface area (Å²) in [6, 6.07) is 7.53. The predicted molar refractivity (Wildman–Crippen MR) is 85.6 cm³/mol. The minimum atomic E-state index is -0.122. The van der Waals surface area contributed by atoms with Gasteiger partial charge in [0.2, 0.25) is 11.8 Å². The van der Waals surface area contributed by atoms with Gasteiger partial charge in [0.15, 0.2) is 0 Å². The molecule has 7 heteroatoms. The van der Waals surface area contributed by atoms with E-state index >= 15 is 0 Å². The van der Waals surface area contributed by atoms with E-state index in [1.807, 2.05) is 29.2 Å². The average Bonchev–Trinajstić information content (AvgIpc) is 2.84. The Hall–Kier alpha value is -2.44. The topological polar surface area (TPSA) is 80.1 Å². The summed E-state index contributed by atoms with van der Waals surface area (Å²) in [6.45, 7) is 1.97. The molecule has 2 amide bonds. The van der Waals surface area contributed by atoms with Crippen molar-refractivity contribution in [2.75, 3.05) is 19.6 Å². The molecule has 1 aromatic heterocycles. The average molecular weight is 315 g/mol. The standard InChI is InChI=1S/C16H21N5O2/c22-15(12-21-14-7-4-3-6-13(14)18-19-21)17-9-11-20-10-5-1-2-8-16(20)23/h3-4,6-7H,1-2,5,8-12H2,(H,17,22). The van der Waals surface area contributed by atoms with Crippen molar-refractivity contribution in [1.82, 2.24) is 25.2 Å². The Morgan fingerprint density at radius 3 is 3.00 bits per heavy atom. The summed E-state index contributed by atoms with van der Waals surface area (Å²) in [6.07, 6.45) is 3.75. The van der Waals surface area contributed by atoms with Crippen LogP contribution in [0.5, 0.6) is 0 Å². The molecule has 0 spiro atoms. The van der Waals surface area contributed by atoms with Crippen LogP contribution in [-0.4, -0.2) is 51.3 Å². The highest BCUT2D eigenvalue weighted by Gasteiger charge is 2.16. The molecule has 0 radical (unpaired) electrons. The number of rotatable bonds is 5. The van der Waals surface area contributed by atoms with E-state index in [0.717, 1.165) is 36.8 Å². The van der Waals surface area contributed by atoms with E-state index in [0.29, 0.717) is 19.5 Å². The monoisotopic (exact) mass is 315 g/mol. The molecule has 1 saturated heterocycles. The second kappa shape index (κ2) is 7.21. The number of likely N-dealkylation sites (tertiary alicyclic amines) is 1. The normalized spacial score (nSPS) is 15.7. The number of nitrogens with one attached hydrogen (secondary N) is 1. The first-order chi connectivity index (χ1) is 11.2. The van der Waals surface area contributed by atoms with Gasteiger partial charge in [-0.05, 0) is 25.0 Å². The van der Waals surface area contributed by atoms with Crippen molar-refractivity contribution < 1.29 is 9.59 Å². The van der Waals surface area contributed by atoms with Gasteiger partial charge in [-0.1, -0.05) is 23.8 Å². The van der Waals surface area contributed by atoms with E-state index in [4.69, 9.17) is 0 Å². The Balaban J connectivity index is 1.49. The third-order valence-electron chi connectivity index (χ3n) is 4.09. The van der Waals surface area contributed by atoms with Crippen LogP contribution in [0.25, 0.3) is 11.0 Å². The molecule has 122 valence electrons. The maximum Gasteiger partial charge on any atom is 0.241 e. The number of fused-ring (bicyclic) bond motifs is 1. The van der Waals surface area contributed by atoms with Gasteiger partial charge in [0.05, 0.1) is 5.52 Å². The summed E-state index contributed by atoms with van der Waals surface area (Å²) in [5.41, 5.74) is 1.61. The van der Waals surface area contributed by atoms with E-state index in [1.165, 1.54) is 0 Å². The number of hydrogen-bond acceptors (Lipinski definition) is 4. The lowest BCUT2D eigenvalue weighted by Gasteiger charge is -2.20. The number of carbonyl (C=O) groups is 2. The van der Waals surface area contributed by atoms with Crippen molar-refractivity contribution >= 4 is 22.8 Å². The quantitative estimate of drug-likeness (QED) is 0.891. The van der Waals surface area contributed by atoms with Crippen LogP contribution < -0.4 is 5.32 Å². The number of para-hydroxylation sites is 1. The second-order valence-electron chi connectivity index (χ2n) is 5.78. The fourth-order valence-electron chi connectivity index (χ4n) is 2.83. The first kappa shape index (κ1) is 15.5. The lowest BCUT2D eigenvalue weighted by molar-refractivity contribution is -0.131. The number of amides is 2. The molecule has 0 saturated carbocycles. The maximum atomic E-state index is 12.0. The molecule has 0 atom stereocenters. The van der Waals surface area contributed by atoms with Gasteiger partial charge in [-0.3, -0.25) is 9.59 Å². The van der Waals surface area contributed by atoms with Crippen molar-refractivity contribution in [2.24, 2.45) is 0 Å². The lowest BCUT2D eigenvalue weighted by atomic mass is 10.2. The molecule has 0 aliphatic carbocycles. The number of carbonyl (C=O) groups excluding carboxylic acids is 2. The molecule has 1 fully saturated rings. The van der Waals surface area contributed by atoms with E-state index < -0.39 is 0 Å². The van der Waals surface area contributed by atoms with Crippen LogP contribution >= 0.6 is 0 Å². The molecule has 1 aliphatic heterocycles. The SMILES string of the molecule is O=C(Cn1nnc2ccccc21)NCCN1CCCCCC1=O. The summed E-state index contributed by atoms with van der Waals surface area (Å²) < 4.78 is 1.59. The van der Waals surface area contributed by atoms with Gasteiger partial charge in [-0.25, -0.2) is 4.68 Å². The zero-order chi connectivity index (χ0) is 16.1. The Morgan fingerprint density at radius 1 is 1.22 bits per heavy atom. The molecule has 0 bridgehead atoms. The number of aromatic nitrogens is 3. The van der Waals surface area contributed by atoms with Gasteiger partial charge >= 0.3 is 0 Å². The van der Waals surface area contributed by atoms with Crippen molar-refractivity contribution in [3.05, 3.63) is 24.3 Å². The first-order valence-electron chi connectivity index (χ1n) is 8.07. The van der Waals surface area contributed by atoms with Gasteiger partial charge in [0.25, 0.3) is 0 Å². The minimum Gasteiger partial charge on any atom is -0.353 e. The summed E-state index contributed by atoms with van der Waals surface area (Å²) in [5, 5.41) is 10.9. The van der Waals surface area contributed by atoms with Crippen molar-refractivity contribution in [3.63, 3.8) is 0 Å². The van der Waals surface area contributed by atoms with Crippen LogP contribution in [0.15, 0.2) is 24.3 Å². The Kier molecular flexibility index (Phi) is 4.85. The fraction of sp³-hybridized carbons (Fsp3) is 0.500. The molecule has 1 aromatic carbocycles. The van der Waals surface area contributed by atoms with Crippen LogP contribution in [-0.2, 0) is 16.1 Å². The third kappa shape index (κ3) is 3.85. The Morgan fingerprint density at radius 2 is 2.09 bits per heavy atom. The van der Waals surface area contributed by atoms with Gasteiger partial charge in [0.1, 0.15) is 12.1 Å². The van der Waals surface area contributed by atoms with E-state index in [1.54, 1.807) is 4.68 Å². The maximum absolute atomic E-state index is 12.0.